The summed E-state index contributed by atoms with van der Waals surface area (Å²) in [6.45, 7) is 6.03. The molecule has 1 atom stereocenters. The summed E-state index contributed by atoms with van der Waals surface area (Å²) >= 11 is 0. The van der Waals surface area contributed by atoms with Crippen LogP contribution >= 0.6 is 0 Å². The number of aromatic nitrogens is 1. The van der Waals surface area contributed by atoms with E-state index in [1.165, 1.54) is 24.1 Å². The molecule has 18 heavy (non-hydrogen) atoms. The lowest BCUT2D eigenvalue weighted by atomic mass is 10.2. The highest BCUT2D eigenvalue weighted by molar-refractivity contribution is 5.53. The molecule has 1 aromatic heterocycles. The van der Waals surface area contributed by atoms with Crippen molar-refractivity contribution in [2.75, 3.05) is 38.3 Å². The predicted molar refractivity (Wildman–Crippen MR) is 74.1 cm³/mol. The minimum Gasteiger partial charge on any atom is -0.383 e. The first-order valence-electron chi connectivity index (χ1n) is 6.70. The Morgan fingerprint density at radius 1 is 1.56 bits per heavy atom. The fourth-order valence-electron chi connectivity index (χ4n) is 2.60. The zero-order valence-electron chi connectivity index (χ0n) is 11.4. The van der Waals surface area contributed by atoms with Crippen LogP contribution in [0.25, 0.3) is 0 Å². The van der Waals surface area contributed by atoms with Crippen molar-refractivity contribution in [3.63, 3.8) is 0 Å². The molecule has 4 nitrogen and oxygen atoms in total. The summed E-state index contributed by atoms with van der Waals surface area (Å²) in [5.41, 5.74) is 2.60. The van der Waals surface area contributed by atoms with E-state index in [0.717, 1.165) is 26.2 Å². The maximum absolute atomic E-state index is 5.05. The SMILES string of the molecule is COCCNCC1CCCN1c1ccncc1C. The van der Waals surface area contributed by atoms with Gasteiger partial charge >= 0.3 is 0 Å². The molecule has 1 aliphatic rings. The second-order valence-electron chi connectivity index (χ2n) is 4.85. The van der Waals surface area contributed by atoms with Gasteiger partial charge < -0.3 is 15.0 Å². The zero-order valence-corrected chi connectivity index (χ0v) is 11.4. The monoisotopic (exact) mass is 249 g/mol. The van der Waals surface area contributed by atoms with Gasteiger partial charge in [0, 0.05) is 50.9 Å². The zero-order chi connectivity index (χ0) is 12.8. The third-order valence-electron chi connectivity index (χ3n) is 3.54. The number of anilines is 1. The van der Waals surface area contributed by atoms with Crippen LogP contribution in [-0.2, 0) is 4.74 Å². The molecule has 1 fully saturated rings. The van der Waals surface area contributed by atoms with E-state index in [0.29, 0.717) is 6.04 Å². The van der Waals surface area contributed by atoms with E-state index in [9.17, 15) is 0 Å². The van der Waals surface area contributed by atoms with Gasteiger partial charge in [0.25, 0.3) is 0 Å². The van der Waals surface area contributed by atoms with Crippen molar-refractivity contribution in [3.8, 4) is 0 Å². The topological polar surface area (TPSA) is 37.4 Å². The summed E-state index contributed by atoms with van der Waals surface area (Å²) in [6, 6.07) is 2.73. The Bertz CT molecular complexity index is 370. The van der Waals surface area contributed by atoms with E-state index in [2.05, 4.69) is 28.2 Å². The van der Waals surface area contributed by atoms with Crippen molar-refractivity contribution >= 4 is 5.69 Å². The van der Waals surface area contributed by atoms with Gasteiger partial charge in [0.1, 0.15) is 0 Å². The highest BCUT2D eigenvalue weighted by Gasteiger charge is 2.25. The van der Waals surface area contributed by atoms with E-state index < -0.39 is 0 Å². The number of nitrogens with one attached hydrogen (secondary N) is 1. The fraction of sp³-hybridized carbons (Fsp3) is 0.643. The van der Waals surface area contributed by atoms with Crippen LogP contribution in [0.15, 0.2) is 18.5 Å². The Kier molecular flexibility index (Phi) is 4.96. The van der Waals surface area contributed by atoms with E-state index >= 15 is 0 Å². The van der Waals surface area contributed by atoms with Crippen LogP contribution in [0.4, 0.5) is 5.69 Å². The third-order valence-corrected chi connectivity index (χ3v) is 3.54. The first kappa shape index (κ1) is 13.3. The fourth-order valence-corrected chi connectivity index (χ4v) is 2.60. The summed E-state index contributed by atoms with van der Waals surface area (Å²) in [6.07, 6.45) is 6.37. The lowest BCUT2D eigenvalue weighted by Crippen LogP contribution is -2.39. The third kappa shape index (κ3) is 3.21. The normalized spacial score (nSPS) is 19.4. The molecule has 1 aromatic rings. The number of hydrogen-bond donors (Lipinski definition) is 1. The Hall–Kier alpha value is -1.13. The summed E-state index contributed by atoms with van der Waals surface area (Å²) in [5, 5.41) is 3.47. The van der Waals surface area contributed by atoms with Gasteiger partial charge in [-0.2, -0.15) is 0 Å². The first-order chi connectivity index (χ1) is 8.83. The summed E-state index contributed by atoms with van der Waals surface area (Å²) < 4.78 is 5.05. The molecule has 1 unspecified atom stereocenters. The highest BCUT2D eigenvalue weighted by Crippen LogP contribution is 2.27. The van der Waals surface area contributed by atoms with Crippen LogP contribution in [-0.4, -0.2) is 44.4 Å². The van der Waals surface area contributed by atoms with Gasteiger partial charge in [-0.3, -0.25) is 4.98 Å². The predicted octanol–water partition coefficient (Wildman–Crippen LogP) is 1.59. The van der Waals surface area contributed by atoms with Crippen molar-refractivity contribution in [2.24, 2.45) is 0 Å². The molecular weight excluding hydrogens is 226 g/mol. The Morgan fingerprint density at radius 2 is 2.44 bits per heavy atom. The van der Waals surface area contributed by atoms with Gasteiger partial charge in [-0.05, 0) is 31.4 Å². The molecular formula is C14H23N3O. The number of hydrogen-bond acceptors (Lipinski definition) is 4. The molecule has 0 bridgehead atoms. The molecule has 2 heterocycles. The number of pyridine rings is 1. The van der Waals surface area contributed by atoms with Crippen LogP contribution in [0.2, 0.25) is 0 Å². The second kappa shape index (κ2) is 6.71. The van der Waals surface area contributed by atoms with E-state index in [1.807, 2.05) is 12.4 Å². The second-order valence-corrected chi connectivity index (χ2v) is 4.85. The molecule has 2 rings (SSSR count). The van der Waals surface area contributed by atoms with Gasteiger partial charge in [0.2, 0.25) is 0 Å². The number of methoxy groups -OCH3 is 1. The van der Waals surface area contributed by atoms with Crippen LogP contribution in [0.1, 0.15) is 18.4 Å². The average Bonchev–Trinajstić information content (AvgIpc) is 2.83. The molecule has 0 spiro atoms. The summed E-state index contributed by atoms with van der Waals surface area (Å²) in [5.74, 6) is 0. The minimum atomic E-state index is 0.600. The van der Waals surface area contributed by atoms with Gasteiger partial charge in [-0.1, -0.05) is 0 Å². The molecule has 0 radical (unpaired) electrons. The average molecular weight is 249 g/mol. The minimum absolute atomic E-state index is 0.600. The van der Waals surface area contributed by atoms with Crippen molar-refractivity contribution in [3.05, 3.63) is 24.0 Å². The molecule has 0 aliphatic carbocycles. The smallest absolute Gasteiger partial charge is 0.0587 e. The Balaban J connectivity index is 1.93. The lowest BCUT2D eigenvalue weighted by molar-refractivity contribution is 0.199. The summed E-state index contributed by atoms with van der Waals surface area (Å²) in [4.78, 5) is 6.68. The van der Waals surface area contributed by atoms with E-state index in [-0.39, 0.29) is 0 Å². The number of nitrogens with zero attached hydrogens (tertiary/aromatic N) is 2. The van der Waals surface area contributed by atoms with Crippen LogP contribution in [0.3, 0.4) is 0 Å². The molecule has 1 N–H and O–H groups in total. The van der Waals surface area contributed by atoms with Crippen LogP contribution < -0.4 is 10.2 Å². The van der Waals surface area contributed by atoms with Crippen molar-refractivity contribution < 1.29 is 4.74 Å². The molecule has 100 valence electrons. The van der Waals surface area contributed by atoms with Crippen molar-refractivity contribution in [1.82, 2.24) is 10.3 Å². The van der Waals surface area contributed by atoms with Gasteiger partial charge in [0.05, 0.1) is 6.61 Å². The number of ether oxygens (including phenoxy) is 1. The van der Waals surface area contributed by atoms with Gasteiger partial charge in [-0.25, -0.2) is 0 Å². The molecule has 4 heteroatoms. The molecule has 0 saturated carbocycles. The Labute approximate surface area is 109 Å². The lowest BCUT2D eigenvalue weighted by Gasteiger charge is -2.28. The molecule has 0 amide bonds. The first-order valence-corrected chi connectivity index (χ1v) is 6.70. The quantitative estimate of drug-likeness (QED) is 0.777. The molecule has 1 aliphatic heterocycles. The van der Waals surface area contributed by atoms with Gasteiger partial charge in [-0.15, -0.1) is 0 Å². The molecule has 1 saturated heterocycles. The van der Waals surface area contributed by atoms with Gasteiger partial charge in [0.15, 0.2) is 0 Å². The summed E-state index contributed by atoms with van der Waals surface area (Å²) in [7, 11) is 1.74. The largest absolute Gasteiger partial charge is 0.383 e. The Morgan fingerprint density at radius 3 is 3.22 bits per heavy atom. The number of aryl methyl sites for hydroxylation is 1. The maximum Gasteiger partial charge on any atom is 0.0587 e. The van der Waals surface area contributed by atoms with E-state index in [4.69, 9.17) is 4.74 Å². The standard InChI is InChI=1S/C14H23N3O/c1-12-10-15-6-5-14(12)17-8-3-4-13(17)11-16-7-9-18-2/h5-6,10,13,16H,3-4,7-9,11H2,1-2H3. The van der Waals surface area contributed by atoms with Crippen molar-refractivity contribution in [2.45, 2.75) is 25.8 Å². The highest BCUT2D eigenvalue weighted by atomic mass is 16.5. The van der Waals surface area contributed by atoms with Crippen LogP contribution in [0, 0.1) is 6.92 Å². The van der Waals surface area contributed by atoms with Crippen molar-refractivity contribution in [1.29, 1.82) is 0 Å². The maximum atomic E-state index is 5.05. The number of rotatable bonds is 6. The van der Waals surface area contributed by atoms with E-state index in [1.54, 1.807) is 7.11 Å². The van der Waals surface area contributed by atoms with Crippen LogP contribution in [0.5, 0.6) is 0 Å². The molecule has 0 aromatic carbocycles.